The van der Waals surface area contributed by atoms with Crippen molar-refractivity contribution in [2.75, 3.05) is 6.61 Å². The largest absolute Gasteiger partial charge is 0.459 e. The summed E-state index contributed by atoms with van der Waals surface area (Å²) in [5.74, 6) is -2.17. The lowest BCUT2D eigenvalue weighted by Gasteiger charge is -2.40. The van der Waals surface area contributed by atoms with Crippen LogP contribution in [-0.4, -0.2) is 58.6 Å². The van der Waals surface area contributed by atoms with Crippen LogP contribution in [0.15, 0.2) is 72.8 Å². The van der Waals surface area contributed by atoms with Gasteiger partial charge in [0.05, 0.1) is 11.1 Å². The van der Waals surface area contributed by atoms with E-state index >= 15 is 0 Å². The van der Waals surface area contributed by atoms with Gasteiger partial charge in [-0.2, -0.15) is 0 Å². The molecule has 31 heavy (non-hydrogen) atoms. The molecule has 0 spiro atoms. The molecule has 0 bridgehead atoms. The minimum Gasteiger partial charge on any atom is -0.459 e. The number of rotatable bonds is 6. The molecule has 0 saturated carbocycles. The smallest absolute Gasteiger partial charge is 0.338 e. The highest BCUT2D eigenvalue weighted by Crippen LogP contribution is 2.29. The van der Waals surface area contributed by atoms with E-state index in [1.807, 2.05) is 0 Å². The number of aliphatic hydroxyl groups excluding tert-OH is 1. The number of hydrogen-bond donors (Lipinski definition) is 2. The minimum atomic E-state index is -2.02. The summed E-state index contributed by atoms with van der Waals surface area (Å²) in [5, 5.41) is 21.7. The molecule has 2 N–H and O–H groups in total. The molecule has 3 rings (SSSR count). The van der Waals surface area contributed by atoms with E-state index in [9.17, 15) is 24.6 Å². The van der Waals surface area contributed by atoms with E-state index in [0.717, 1.165) is 6.92 Å². The first-order valence-corrected chi connectivity index (χ1v) is 9.55. The average molecular weight is 426 g/mol. The predicted molar refractivity (Wildman–Crippen MR) is 108 cm³/mol. The molecular formula is C23H22O8. The van der Waals surface area contributed by atoms with E-state index in [4.69, 9.17) is 14.2 Å². The molecule has 0 unspecified atom stereocenters. The van der Waals surface area contributed by atoms with Crippen LogP contribution in [0.1, 0.15) is 27.6 Å². The van der Waals surface area contributed by atoms with E-state index in [2.05, 4.69) is 0 Å². The van der Waals surface area contributed by atoms with Crippen LogP contribution in [0, 0.1) is 0 Å². The Kier molecular flexibility index (Phi) is 6.84. The fourth-order valence-corrected chi connectivity index (χ4v) is 3.13. The van der Waals surface area contributed by atoms with Gasteiger partial charge in [-0.3, -0.25) is 4.79 Å². The Bertz CT molecular complexity index is 956. The summed E-state index contributed by atoms with van der Waals surface area (Å²) in [6, 6.07) is 16.3. The summed E-state index contributed by atoms with van der Waals surface area (Å²) in [5.41, 5.74) is -1.49. The lowest BCUT2D eigenvalue weighted by molar-refractivity contribution is -0.187. The Hall–Kier alpha value is -3.49. The van der Waals surface area contributed by atoms with Gasteiger partial charge in [-0.15, -0.1) is 0 Å². The maximum atomic E-state index is 12.3. The van der Waals surface area contributed by atoms with Crippen LogP contribution in [0.25, 0.3) is 0 Å². The Morgan fingerprint density at radius 2 is 1.45 bits per heavy atom. The molecular weight excluding hydrogens is 404 g/mol. The molecule has 0 saturated heterocycles. The van der Waals surface area contributed by atoms with E-state index < -0.39 is 48.4 Å². The molecule has 1 aliphatic rings. The van der Waals surface area contributed by atoms with Gasteiger partial charge in [-0.25, -0.2) is 9.59 Å². The van der Waals surface area contributed by atoms with Crippen molar-refractivity contribution < 1.29 is 38.8 Å². The maximum absolute atomic E-state index is 12.3. The van der Waals surface area contributed by atoms with Crippen LogP contribution in [0.5, 0.6) is 0 Å². The van der Waals surface area contributed by atoms with Crippen molar-refractivity contribution in [2.45, 2.75) is 30.8 Å². The number of esters is 3. The standard InChI is InChI=1S/C23H22O8/c1-15(24)30-20-19(25)18(31-22(27)17-10-6-3-7-11-17)12-13-23(20,28)14-29-21(26)16-8-4-2-5-9-16/h2-13,18-20,25,28H,14H2,1H3/t18-,19+,20-,23-/m1/s1. The zero-order chi connectivity index (χ0) is 22.4. The Labute approximate surface area is 178 Å². The third-order valence-electron chi connectivity index (χ3n) is 4.70. The molecule has 2 aromatic rings. The van der Waals surface area contributed by atoms with E-state index in [1.54, 1.807) is 60.7 Å². The van der Waals surface area contributed by atoms with Gasteiger partial charge in [0.25, 0.3) is 0 Å². The number of ether oxygens (including phenoxy) is 3. The molecule has 1 aliphatic carbocycles. The topological polar surface area (TPSA) is 119 Å². The quantitative estimate of drug-likeness (QED) is 0.407. The van der Waals surface area contributed by atoms with Crippen LogP contribution < -0.4 is 0 Å². The first-order valence-electron chi connectivity index (χ1n) is 9.55. The zero-order valence-corrected chi connectivity index (χ0v) is 16.7. The van der Waals surface area contributed by atoms with Crippen molar-refractivity contribution in [3.05, 3.63) is 83.9 Å². The summed E-state index contributed by atoms with van der Waals surface area (Å²) in [6.07, 6.45) is -1.87. The molecule has 0 fully saturated rings. The third kappa shape index (κ3) is 5.36. The monoisotopic (exact) mass is 426 g/mol. The van der Waals surface area contributed by atoms with Crippen molar-refractivity contribution in [1.29, 1.82) is 0 Å². The molecule has 0 aromatic heterocycles. The maximum Gasteiger partial charge on any atom is 0.338 e. The van der Waals surface area contributed by atoms with Crippen LogP contribution >= 0.6 is 0 Å². The first kappa shape index (κ1) is 22.2. The normalized spacial score (nSPS) is 24.8. The van der Waals surface area contributed by atoms with Crippen molar-refractivity contribution in [2.24, 2.45) is 0 Å². The second-order valence-electron chi connectivity index (χ2n) is 7.05. The molecule has 2 aromatic carbocycles. The SMILES string of the molecule is CC(=O)O[C@@H]1[C@@H](O)[C@H](OC(=O)c2ccccc2)C=C[C@@]1(O)COC(=O)c1ccccc1. The molecule has 4 atom stereocenters. The lowest BCUT2D eigenvalue weighted by Crippen LogP contribution is -2.59. The number of benzene rings is 2. The average Bonchev–Trinajstić information content (AvgIpc) is 2.78. The summed E-state index contributed by atoms with van der Waals surface area (Å²) < 4.78 is 15.6. The van der Waals surface area contributed by atoms with Crippen molar-refractivity contribution in [3.63, 3.8) is 0 Å². The lowest BCUT2D eigenvalue weighted by atomic mass is 9.84. The fourth-order valence-electron chi connectivity index (χ4n) is 3.13. The summed E-state index contributed by atoms with van der Waals surface area (Å²) in [7, 11) is 0. The molecule has 0 heterocycles. The van der Waals surface area contributed by atoms with Crippen LogP contribution in [0.2, 0.25) is 0 Å². The highest BCUT2D eigenvalue weighted by Gasteiger charge is 2.49. The van der Waals surface area contributed by atoms with Gasteiger partial charge in [-0.1, -0.05) is 36.4 Å². The number of carbonyl (C=O) groups excluding carboxylic acids is 3. The van der Waals surface area contributed by atoms with Crippen molar-refractivity contribution in [1.82, 2.24) is 0 Å². The minimum absolute atomic E-state index is 0.268. The first-order chi connectivity index (χ1) is 14.8. The van der Waals surface area contributed by atoms with E-state index in [-0.39, 0.29) is 11.1 Å². The van der Waals surface area contributed by atoms with Crippen molar-refractivity contribution in [3.8, 4) is 0 Å². The van der Waals surface area contributed by atoms with Gasteiger partial charge in [0, 0.05) is 6.92 Å². The van der Waals surface area contributed by atoms with Gasteiger partial charge < -0.3 is 24.4 Å². The molecule has 8 heteroatoms. The number of hydrogen-bond acceptors (Lipinski definition) is 8. The van der Waals surface area contributed by atoms with Crippen LogP contribution in [0.4, 0.5) is 0 Å². The fraction of sp³-hybridized carbons (Fsp3) is 0.261. The Balaban J connectivity index is 1.76. The second-order valence-corrected chi connectivity index (χ2v) is 7.05. The third-order valence-corrected chi connectivity index (χ3v) is 4.70. The summed E-state index contributed by atoms with van der Waals surface area (Å²) in [4.78, 5) is 36.1. The van der Waals surface area contributed by atoms with Gasteiger partial charge in [0.2, 0.25) is 0 Å². The van der Waals surface area contributed by atoms with Crippen LogP contribution in [0.3, 0.4) is 0 Å². The van der Waals surface area contributed by atoms with E-state index in [0.29, 0.717) is 0 Å². The van der Waals surface area contributed by atoms with Gasteiger partial charge in [-0.05, 0) is 36.4 Å². The summed E-state index contributed by atoms with van der Waals surface area (Å²) >= 11 is 0. The Morgan fingerprint density at radius 1 is 0.903 bits per heavy atom. The molecule has 0 amide bonds. The van der Waals surface area contributed by atoms with E-state index in [1.165, 1.54) is 12.2 Å². The van der Waals surface area contributed by atoms with Gasteiger partial charge in [0.15, 0.2) is 11.7 Å². The molecule has 0 radical (unpaired) electrons. The van der Waals surface area contributed by atoms with Gasteiger partial charge >= 0.3 is 17.9 Å². The molecule has 8 nitrogen and oxygen atoms in total. The molecule has 0 aliphatic heterocycles. The Morgan fingerprint density at radius 3 is 2.00 bits per heavy atom. The number of aliphatic hydroxyl groups is 2. The zero-order valence-electron chi connectivity index (χ0n) is 16.7. The predicted octanol–water partition coefficient (Wildman–Crippen LogP) is 1.66. The second kappa shape index (κ2) is 9.55. The van der Waals surface area contributed by atoms with Gasteiger partial charge in [0.1, 0.15) is 18.8 Å². The number of carbonyl (C=O) groups is 3. The molecule has 162 valence electrons. The van der Waals surface area contributed by atoms with Crippen molar-refractivity contribution >= 4 is 17.9 Å². The summed E-state index contributed by atoms with van der Waals surface area (Å²) in [6.45, 7) is 0.512. The highest BCUT2D eigenvalue weighted by molar-refractivity contribution is 5.90. The van der Waals surface area contributed by atoms with Crippen LogP contribution in [-0.2, 0) is 19.0 Å². The highest BCUT2D eigenvalue weighted by atomic mass is 16.6.